The number of likely N-dealkylation sites (tertiary alicyclic amines) is 2. The lowest BCUT2D eigenvalue weighted by molar-refractivity contribution is -0.153. The Kier molecular flexibility index (Phi) is 5.07. The average molecular weight is 374 g/mol. The third-order valence-electron chi connectivity index (χ3n) is 6.62. The van der Waals surface area contributed by atoms with E-state index in [9.17, 15) is 9.90 Å². The number of hydrogen-bond donors (Lipinski definition) is 1. The third kappa shape index (κ3) is 3.80. The average Bonchev–Trinajstić information content (AvgIpc) is 2.60. The van der Waals surface area contributed by atoms with E-state index >= 15 is 0 Å². The molecule has 1 saturated carbocycles. The van der Waals surface area contributed by atoms with Gasteiger partial charge in [-0.2, -0.15) is 0 Å². The Bertz CT molecular complexity index is 675. The SMILES string of the molecule is CN(C)c1ncc(CN2CC[C@@]3(O)CCN(C(=O)C4CCC4)C[C@H]3C2)cn1. The van der Waals surface area contributed by atoms with Crippen molar-refractivity contribution in [2.75, 3.05) is 45.2 Å². The first-order chi connectivity index (χ1) is 12.9. The number of hydrogen-bond acceptors (Lipinski definition) is 6. The van der Waals surface area contributed by atoms with E-state index < -0.39 is 5.60 Å². The summed E-state index contributed by atoms with van der Waals surface area (Å²) >= 11 is 0. The number of carbonyl (C=O) groups excluding carboxylic acids is 1. The van der Waals surface area contributed by atoms with Crippen LogP contribution in [0.4, 0.5) is 5.95 Å². The Morgan fingerprint density at radius 2 is 1.93 bits per heavy atom. The van der Waals surface area contributed by atoms with E-state index in [4.69, 9.17) is 0 Å². The monoisotopic (exact) mass is 373 g/mol. The van der Waals surface area contributed by atoms with E-state index in [0.717, 1.165) is 44.5 Å². The molecule has 2 aliphatic heterocycles. The molecule has 7 heteroatoms. The number of piperidine rings is 2. The molecule has 3 fully saturated rings. The maximum absolute atomic E-state index is 12.6. The maximum atomic E-state index is 12.6. The third-order valence-corrected chi connectivity index (χ3v) is 6.62. The summed E-state index contributed by atoms with van der Waals surface area (Å²) in [4.78, 5) is 27.7. The van der Waals surface area contributed by atoms with Crippen LogP contribution in [0.2, 0.25) is 0 Å². The minimum absolute atomic E-state index is 0.131. The zero-order chi connectivity index (χ0) is 19.0. The van der Waals surface area contributed by atoms with Crippen molar-refractivity contribution in [3.05, 3.63) is 18.0 Å². The van der Waals surface area contributed by atoms with Gasteiger partial charge in [0.2, 0.25) is 11.9 Å². The number of rotatable bonds is 4. The normalized spacial score (nSPS) is 29.1. The van der Waals surface area contributed by atoms with Gasteiger partial charge in [-0.1, -0.05) is 6.42 Å². The van der Waals surface area contributed by atoms with Crippen LogP contribution >= 0.6 is 0 Å². The summed E-state index contributed by atoms with van der Waals surface area (Å²) in [7, 11) is 3.86. The number of aromatic nitrogens is 2. The van der Waals surface area contributed by atoms with Crippen molar-refractivity contribution in [3.8, 4) is 0 Å². The summed E-state index contributed by atoms with van der Waals surface area (Å²) in [6, 6.07) is 0. The van der Waals surface area contributed by atoms with Crippen molar-refractivity contribution >= 4 is 11.9 Å². The van der Waals surface area contributed by atoms with Crippen LogP contribution in [0.1, 0.15) is 37.7 Å². The first-order valence-electron chi connectivity index (χ1n) is 10.2. The Labute approximate surface area is 161 Å². The molecule has 1 aliphatic carbocycles. The summed E-state index contributed by atoms with van der Waals surface area (Å²) in [5, 5.41) is 11.1. The van der Waals surface area contributed by atoms with Gasteiger partial charge in [0, 0.05) is 76.6 Å². The van der Waals surface area contributed by atoms with Gasteiger partial charge in [0.15, 0.2) is 0 Å². The predicted molar refractivity (Wildman–Crippen MR) is 103 cm³/mol. The molecule has 0 radical (unpaired) electrons. The molecule has 1 amide bonds. The number of amides is 1. The summed E-state index contributed by atoms with van der Waals surface area (Å²) in [5.74, 6) is 1.39. The van der Waals surface area contributed by atoms with E-state index in [1.807, 2.05) is 36.3 Å². The van der Waals surface area contributed by atoms with Gasteiger partial charge >= 0.3 is 0 Å². The van der Waals surface area contributed by atoms with Gasteiger partial charge in [0.25, 0.3) is 0 Å². The van der Waals surface area contributed by atoms with Gasteiger partial charge in [-0.15, -0.1) is 0 Å². The van der Waals surface area contributed by atoms with Crippen LogP contribution in [0, 0.1) is 11.8 Å². The highest BCUT2D eigenvalue weighted by Crippen LogP contribution is 2.37. The first-order valence-corrected chi connectivity index (χ1v) is 10.2. The lowest BCUT2D eigenvalue weighted by Crippen LogP contribution is -2.61. The van der Waals surface area contributed by atoms with E-state index in [0.29, 0.717) is 31.4 Å². The van der Waals surface area contributed by atoms with Crippen molar-refractivity contribution in [1.82, 2.24) is 19.8 Å². The highest BCUT2D eigenvalue weighted by atomic mass is 16.3. The Hall–Kier alpha value is -1.73. The van der Waals surface area contributed by atoms with Gasteiger partial charge in [-0.25, -0.2) is 9.97 Å². The quantitative estimate of drug-likeness (QED) is 0.853. The number of nitrogens with zero attached hydrogens (tertiary/aromatic N) is 5. The van der Waals surface area contributed by atoms with Gasteiger partial charge in [-0.3, -0.25) is 9.69 Å². The number of aliphatic hydroxyl groups is 1. The molecule has 3 aliphatic rings. The van der Waals surface area contributed by atoms with Gasteiger partial charge in [0.1, 0.15) is 0 Å². The minimum atomic E-state index is -0.613. The van der Waals surface area contributed by atoms with Crippen LogP contribution in [0.3, 0.4) is 0 Å². The van der Waals surface area contributed by atoms with Crippen LogP contribution in [0.25, 0.3) is 0 Å². The van der Waals surface area contributed by atoms with Crippen LogP contribution in [-0.2, 0) is 11.3 Å². The first kappa shape index (κ1) is 18.6. The molecule has 0 spiro atoms. The van der Waals surface area contributed by atoms with Crippen LogP contribution in [-0.4, -0.2) is 76.7 Å². The van der Waals surface area contributed by atoms with E-state index in [1.54, 1.807) is 0 Å². The second-order valence-electron chi connectivity index (χ2n) is 8.73. The summed E-state index contributed by atoms with van der Waals surface area (Å²) < 4.78 is 0. The molecule has 2 atom stereocenters. The minimum Gasteiger partial charge on any atom is -0.389 e. The molecule has 7 nitrogen and oxygen atoms in total. The zero-order valence-corrected chi connectivity index (χ0v) is 16.5. The summed E-state index contributed by atoms with van der Waals surface area (Å²) in [6.45, 7) is 3.89. The highest BCUT2D eigenvalue weighted by Gasteiger charge is 2.46. The van der Waals surface area contributed by atoms with Gasteiger partial charge in [-0.05, 0) is 25.7 Å². The van der Waals surface area contributed by atoms with Crippen LogP contribution < -0.4 is 4.90 Å². The topological polar surface area (TPSA) is 72.8 Å². The molecule has 27 heavy (non-hydrogen) atoms. The van der Waals surface area contributed by atoms with Crippen molar-refractivity contribution in [1.29, 1.82) is 0 Å². The van der Waals surface area contributed by atoms with Crippen molar-refractivity contribution in [2.24, 2.45) is 11.8 Å². The lowest BCUT2D eigenvalue weighted by Gasteiger charge is -2.51. The fraction of sp³-hybridized carbons (Fsp3) is 0.750. The predicted octanol–water partition coefficient (Wildman–Crippen LogP) is 1.13. The summed E-state index contributed by atoms with van der Waals surface area (Å²) in [6.07, 6.45) is 8.52. The molecule has 1 aromatic heterocycles. The molecule has 4 rings (SSSR count). The van der Waals surface area contributed by atoms with E-state index in [2.05, 4.69) is 14.9 Å². The Balaban J connectivity index is 1.38. The number of fused-ring (bicyclic) bond motifs is 1. The molecule has 0 unspecified atom stereocenters. The molecule has 3 heterocycles. The van der Waals surface area contributed by atoms with Gasteiger partial charge < -0.3 is 14.9 Å². The summed E-state index contributed by atoms with van der Waals surface area (Å²) in [5.41, 5.74) is 0.474. The fourth-order valence-electron chi connectivity index (χ4n) is 4.55. The maximum Gasteiger partial charge on any atom is 0.225 e. The standard InChI is InChI=1S/C20H31N5O2/c1-23(2)19-21-10-15(11-22-19)12-24-8-6-20(27)7-9-25(14-17(20)13-24)18(26)16-4-3-5-16/h10-11,16-17,27H,3-9,12-14H2,1-2H3/t17-,20-/m1/s1. The Morgan fingerprint density at radius 1 is 1.22 bits per heavy atom. The van der Waals surface area contributed by atoms with E-state index in [-0.39, 0.29) is 11.8 Å². The molecule has 0 bridgehead atoms. The van der Waals surface area contributed by atoms with Crippen molar-refractivity contribution in [2.45, 2.75) is 44.2 Å². The van der Waals surface area contributed by atoms with Crippen LogP contribution in [0.5, 0.6) is 0 Å². The van der Waals surface area contributed by atoms with Crippen molar-refractivity contribution in [3.63, 3.8) is 0 Å². The van der Waals surface area contributed by atoms with E-state index in [1.165, 1.54) is 6.42 Å². The Morgan fingerprint density at radius 3 is 2.56 bits per heavy atom. The van der Waals surface area contributed by atoms with Gasteiger partial charge in [0.05, 0.1) is 5.60 Å². The molecule has 1 N–H and O–H groups in total. The number of carbonyl (C=O) groups is 1. The van der Waals surface area contributed by atoms with Crippen LogP contribution in [0.15, 0.2) is 12.4 Å². The molecule has 0 aromatic carbocycles. The molecular formula is C20H31N5O2. The molecular weight excluding hydrogens is 342 g/mol. The fourth-order valence-corrected chi connectivity index (χ4v) is 4.55. The zero-order valence-electron chi connectivity index (χ0n) is 16.5. The second-order valence-corrected chi connectivity index (χ2v) is 8.73. The lowest BCUT2D eigenvalue weighted by atomic mass is 9.75. The molecule has 1 aromatic rings. The molecule has 148 valence electrons. The van der Waals surface area contributed by atoms with Crippen molar-refractivity contribution < 1.29 is 9.90 Å². The second kappa shape index (κ2) is 7.36. The number of anilines is 1. The highest BCUT2D eigenvalue weighted by molar-refractivity contribution is 5.79. The smallest absolute Gasteiger partial charge is 0.225 e. The largest absolute Gasteiger partial charge is 0.389 e. The molecule has 2 saturated heterocycles.